The number of aliphatic hydroxyl groups excluding tert-OH is 1. The third-order valence-corrected chi connectivity index (χ3v) is 2.68. The van der Waals surface area contributed by atoms with Gasteiger partial charge in [-0.05, 0) is 33.6 Å². The topological polar surface area (TPSA) is 89.1 Å². The fourth-order valence-corrected chi connectivity index (χ4v) is 1.80. The van der Waals surface area contributed by atoms with Crippen LogP contribution in [0.1, 0.15) is 33.6 Å². The molecule has 0 saturated heterocycles. The van der Waals surface area contributed by atoms with Gasteiger partial charge in [-0.1, -0.05) is 0 Å². The molecule has 0 aliphatic carbocycles. The minimum atomic E-state index is -0.473. The normalized spacial score (nSPS) is 13.0. The summed E-state index contributed by atoms with van der Waals surface area (Å²) < 4.78 is 15.5. The summed E-state index contributed by atoms with van der Waals surface area (Å²) in [5.74, 6) is 0. The zero-order valence-electron chi connectivity index (χ0n) is 14.3. The number of hydrogen-bond acceptors (Lipinski definition) is 6. The lowest BCUT2D eigenvalue weighted by molar-refractivity contribution is 0.0525. The molecule has 0 saturated carbocycles. The Bertz CT molecular complexity index is 282. The second kappa shape index (κ2) is 12.6. The first-order valence-electron chi connectivity index (χ1n) is 7.77. The first-order chi connectivity index (χ1) is 10.4. The molecule has 0 bridgehead atoms. The predicted molar refractivity (Wildman–Crippen MR) is 85.0 cm³/mol. The molecule has 1 amide bonds. The van der Waals surface area contributed by atoms with Crippen LogP contribution in [-0.4, -0.2) is 69.5 Å². The molecule has 7 heteroatoms. The molecule has 0 rings (SSSR count). The molecule has 0 radical (unpaired) electrons. The Balaban J connectivity index is 3.74. The highest BCUT2D eigenvalue weighted by atomic mass is 16.6. The highest BCUT2D eigenvalue weighted by Crippen LogP contribution is 2.06. The van der Waals surface area contributed by atoms with Crippen molar-refractivity contribution in [2.45, 2.75) is 45.3 Å². The quantitative estimate of drug-likeness (QED) is 0.463. The van der Waals surface area contributed by atoms with Crippen LogP contribution in [0.15, 0.2) is 0 Å². The van der Waals surface area contributed by atoms with E-state index in [1.807, 2.05) is 20.8 Å². The maximum absolute atomic E-state index is 11.5. The molecule has 0 aromatic heterocycles. The summed E-state index contributed by atoms with van der Waals surface area (Å²) >= 11 is 0. The monoisotopic (exact) mass is 320 g/mol. The van der Waals surface area contributed by atoms with Crippen molar-refractivity contribution >= 4 is 6.09 Å². The minimum Gasteiger partial charge on any atom is -0.444 e. The number of carbonyl (C=O) groups is 1. The second-order valence-electron chi connectivity index (χ2n) is 6.01. The Hall–Kier alpha value is -0.890. The van der Waals surface area contributed by atoms with Crippen molar-refractivity contribution in [3.05, 3.63) is 0 Å². The van der Waals surface area contributed by atoms with Gasteiger partial charge in [-0.3, -0.25) is 0 Å². The van der Waals surface area contributed by atoms with E-state index in [1.165, 1.54) is 0 Å². The van der Waals surface area contributed by atoms with E-state index in [-0.39, 0.29) is 18.7 Å². The van der Waals surface area contributed by atoms with E-state index < -0.39 is 5.60 Å². The van der Waals surface area contributed by atoms with Crippen LogP contribution in [0.25, 0.3) is 0 Å². The Morgan fingerprint density at radius 1 is 1.23 bits per heavy atom. The van der Waals surface area contributed by atoms with Crippen LogP contribution in [-0.2, 0) is 14.2 Å². The van der Waals surface area contributed by atoms with E-state index in [0.29, 0.717) is 32.9 Å². The summed E-state index contributed by atoms with van der Waals surface area (Å²) in [4.78, 5) is 11.5. The fourth-order valence-electron chi connectivity index (χ4n) is 1.80. The molecule has 0 aromatic carbocycles. The lowest BCUT2D eigenvalue weighted by Gasteiger charge is -2.20. The average molecular weight is 320 g/mol. The third kappa shape index (κ3) is 14.1. The Morgan fingerprint density at radius 3 is 2.55 bits per heavy atom. The van der Waals surface area contributed by atoms with Gasteiger partial charge in [0.2, 0.25) is 0 Å². The Kier molecular flexibility index (Phi) is 12.1. The van der Waals surface area contributed by atoms with Crippen molar-refractivity contribution < 1.29 is 24.1 Å². The minimum absolute atomic E-state index is 0.0395. The van der Waals surface area contributed by atoms with Gasteiger partial charge in [0.15, 0.2) is 0 Å². The van der Waals surface area contributed by atoms with Crippen LogP contribution in [0.2, 0.25) is 0 Å². The molecule has 0 spiro atoms. The van der Waals surface area contributed by atoms with E-state index in [2.05, 4.69) is 10.6 Å². The van der Waals surface area contributed by atoms with Crippen molar-refractivity contribution in [3.63, 3.8) is 0 Å². The second-order valence-corrected chi connectivity index (χ2v) is 6.01. The molecular formula is C15H32N2O5. The Labute approximate surface area is 133 Å². The van der Waals surface area contributed by atoms with Crippen molar-refractivity contribution in [2.24, 2.45) is 0 Å². The van der Waals surface area contributed by atoms with E-state index in [0.717, 1.165) is 12.8 Å². The molecule has 3 N–H and O–H groups in total. The van der Waals surface area contributed by atoms with Crippen LogP contribution >= 0.6 is 0 Å². The average Bonchev–Trinajstić information content (AvgIpc) is 2.41. The molecule has 1 unspecified atom stereocenters. The predicted octanol–water partition coefficient (Wildman–Crippen LogP) is 0.905. The number of aliphatic hydroxyl groups is 1. The summed E-state index contributed by atoms with van der Waals surface area (Å²) in [6.07, 6.45) is 1.32. The van der Waals surface area contributed by atoms with E-state index in [1.54, 1.807) is 7.11 Å². The van der Waals surface area contributed by atoms with E-state index in [4.69, 9.17) is 19.3 Å². The molecule has 0 aromatic rings. The van der Waals surface area contributed by atoms with Crippen LogP contribution in [0, 0.1) is 0 Å². The highest BCUT2D eigenvalue weighted by Gasteiger charge is 2.15. The number of rotatable bonds is 12. The summed E-state index contributed by atoms with van der Waals surface area (Å²) in [7, 11) is 1.66. The van der Waals surface area contributed by atoms with Gasteiger partial charge in [-0.25, -0.2) is 4.79 Å². The van der Waals surface area contributed by atoms with Crippen molar-refractivity contribution in [3.8, 4) is 0 Å². The maximum atomic E-state index is 11.5. The lowest BCUT2D eigenvalue weighted by Crippen LogP contribution is -2.37. The molecule has 0 aliphatic heterocycles. The molecule has 0 fully saturated rings. The van der Waals surface area contributed by atoms with Crippen LogP contribution in [0.5, 0.6) is 0 Å². The summed E-state index contributed by atoms with van der Waals surface area (Å²) in [5.41, 5.74) is -0.473. The largest absolute Gasteiger partial charge is 0.444 e. The molecule has 0 aliphatic rings. The number of hydrogen-bond donors (Lipinski definition) is 3. The summed E-state index contributed by atoms with van der Waals surface area (Å²) in [6.45, 7) is 8.33. The third-order valence-electron chi connectivity index (χ3n) is 2.68. The SMILES string of the molecule is COCC(CCCNC(=O)OC(C)(C)C)NCCOCCO. The Morgan fingerprint density at radius 2 is 1.95 bits per heavy atom. The van der Waals surface area contributed by atoms with Crippen LogP contribution < -0.4 is 10.6 Å². The first-order valence-corrected chi connectivity index (χ1v) is 7.77. The van der Waals surface area contributed by atoms with Gasteiger partial charge in [-0.2, -0.15) is 0 Å². The molecule has 1 atom stereocenters. The van der Waals surface area contributed by atoms with Crippen LogP contribution in [0.3, 0.4) is 0 Å². The van der Waals surface area contributed by atoms with Crippen molar-refractivity contribution in [1.82, 2.24) is 10.6 Å². The lowest BCUT2D eigenvalue weighted by atomic mass is 10.1. The van der Waals surface area contributed by atoms with Gasteiger partial charge in [0.25, 0.3) is 0 Å². The van der Waals surface area contributed by atoms with Crippen molar-refractivity contribution in [1.29, 1.82) is 0 Å². The van der Waals surface area contributed by atoms with Gasteiger partial charge in [-0.15, -0.1) is 0 Å². The zero-order chi connectivity index (χ0) is 16.8. The van der Waals surface area contributed by atoms with E-state index in [9.17, 15) is 4.79 Å². The van der Waals surface area contributed by atoms with Gasteiger partial charge in [0.05, 0.1) is 26.4 Å². The summed E-state index contributed by atoms with van der Waals surface area (Å²) in [5, 5.41) is 14.7. The number of methoxy groups -OCH3 is 1. The highest BCUT2D eigenvalue weighted by molar-refractivity contribution is 5.67. The number of nitrogens with one attached hydrogen (secondary N) is 2. The molecular weight excluding hydrogens is 288 g/mol. The van der Waals surface area contributed by atoms with Gasteiger partial charge < -0.3 is 30.0 Å². The van der Waals surface area contributed by atoms with Gasteiger partial charge in [0.1, 0.15) is 5.60 Å². The number of carbonyl (C=O) groups excluding carboxylic acids is 1. The van der Waals surface area contributed by atoms with Crippen molar-refractivity contribution in [2.75, 3.05) is 46.6 Å². The molecule has 132 valence electrons. The summed E-state index contributed by atoms with van der Waals surface area (Å²) in [6, 6.07) is 0.211. The van der Waals surface area contributed by atoms with E-state index >= 15 is 0 Å². The number of ether oxygens (including phenoxy) is 3. The molecule has 0 heterocycles. The maximum Gasteiger partial charge on any atom is 0.407 e. The fraction of sp³-hybridized carbons (Fsp3) is 0.933. The van der Waals surface area contributed by atoms with Gasteiger partial charge in [0, 0.05) is 26.2 Å². The molecule has 22 heavy (non-hydrogen) atoms. The number of amides is 1. The zero-order valence-corrected chi connectivity index (χ0v) is 14.3. The molecule has 7 nitrogen and oxygen atoms in total. The van der Waals surface area contributed by atoms with Crippen LogP contribution in [0.4, 0.5) is 4.79 Å². The van der Waals surface area contributed by atoms with Gasteiger partial charge >= 0.3 is 6.09 Å². The number of alkyl carbamates (subject to hydrolysis) is 1. The standard InChI is InChI=1S/C15H32N2O5/c1-15(2,3)22-14(19)17-7-5-6-13(12-20-4)16-8-10-21-11-9-18/h13,16,18H,5-12H2,1-4H3,(H,17,19). The first kappa shape index (κ1) is 21.1. The smallest absolute Gasteiger partial charge is 0.407 e.